The Balaban J connectivity index is 0.885. The molecule has 0 saturated heterocycles. The second-order valence-electron chi connectivity index (χ2n) is 14.8. The van der Waals surface area contributed by atoms with Gasteiger partial charge in [-0.1, -0.05) is 78.9 Å². The van der Waals surface area contributed by atoms with Crippen molar-refractivity contribution in [3.63, 3.8) is 0 Å². The highest BCUT2D eigenvalue weighted by Crippen LogP contribution is 2.33. The first kappa shape index (κ1) is 43.6. The zero-order chi connectivity index (χ0) is 45.5. The van der Waals surface area contributed by atoms with Crippen LogP contribution < -0.4 is 30.7 Å². The van der Waals surface area contributed by atoms with Crippen molar-refractivity contribution in [2.45, 2.75) is 25.0 Å². The first-order chi connectivity index (χ1) is 32.3. The Morgan fingerprint density at radius 2 is 1.05 bits per heavy atom. The number of pyridine rings is 1. The number of nitrogens with one attached hydrogen (secondary N) is 5. The van der Waals surface area contributed by atoms with Crippen LogP contribution >= 0.6 is 0 Å². The van der Waals surface area contributed by atoms with Crippen molar-refractivity contribution in [3.8, 4) is 11.5 Å². The molecular weight excluding hydrogens is 835 g/mol. The lowest BCUT2D eigenvalue weighted by atomic mass is 10.1. The quantitative estimate of drug-likeness (QED) is 0.0408. The van der Waals surface area contributed by atoms with Gasteiger partial charge in [0.25, 0.3) is 11.8 Å². The first-order valence-electron chi connectivity index (χ1n) is 20.9. The highest BCUT2D eigenvalue weighted by Gasteiger charge is 2.26. The number of rotatable bonds is 18. The fourth-order valence-electron chi connectivity index (χ4n) is 6.77. The van der Waals surface area contributed by atoms with E-state index in [1.807, 2.05) is 66.7 Å². The monoisotopic (exact) mass is 877 g/mol. The molecule has 2 unspecified atom stereocenters. The van der Waals surface area contributed by atoms with Crippen LogP contribution in [0.25, 0.3) is 0 Å². The second-order valence-corrected chi connectivity index (χ2v) is 14.8. The number of carbonyl (C=O) groups excluding carboxylic acids is 4. The Labute approximate surface area is 380 Å². The maximum absolute atomic E-state index is 13.5. The van der Waals surface area contributed by atoms with E-state index >= 15 is 0 Å². The van der Waals surface area contributed by atoms with Gasteiger partial charge in [0.15, 0.2) is 0 Å². The van der Waals surface area contributed by atoms with Crippen molar-refractivity contribution in [2.75, 3.05) is 21.3 Å². The lowest BCUT2D eigenvalue weighted by Gasteiger charge is -2.22. The Morgan fingerprint density at radius 3 is 1.64 bits per heavy atom. The smallest absolute Gasteiger partial charge is 0.317 e. The van der Waals surface area contributed by atoms with Gasteiger partial charge in [-0.05, 0) is 108 Å². The predicted octanol–water partition coefficient (Wildman–Crippen LogP) is 10.6. The molecule has 2 atom stereocenters. The number of para-hydroxylation sites is 2. The Hall–Kier alpha value is -9.04. The molecule has 0 aliphatic heterocycles. The van der Waals surface area contributed by atoms with Crippen molar-refractivity contribution in [3.05, 3.63) is 217 Å². The van der Waals surface area contributed by atoms with Crippen molar-refractivity contribution < 1.29 is 33.4 Å². The molecule has 5 N–H and O–H groups in total. The minimum absolute atomic E-state index is 0.287. The molecule has 14 heteroatoms. The maximum Gasteiger partial charge on any atom is 0.317 e. The molecule has 66 heavy (non-hydrogen) atoms. The zero-order valence-corrected chi connectivity index (χ0v) is 35.3. The number of ether oxygens (including phenoxy) is 3. The van der Waals surface area contributed by atoms with E-state index in [2.05, 4.69) is 36.2 Å². The fourth-order valence-corrected chi connectivity index (χ4v) is 6.77. The molecule has 0 saturated carbocycles. The predicted molar refractivity (Wildman–Crippen MR) is 251 cm³/mol. The van der Waals surface area contributed by atoms with Crippen LogP contribution in [-0.2, 0) is 14.3 Å². The number of hydrogen-bond acceptors (Lipinski definition) is 11. The number of anilines is 6. The van der Waals surface area contributed by atoms with E-state index in [0.717, 1.165) is 11.4 Å². The standard InChI is InChI=1S/C52H43N7O7/c60-48(33-45(35-11-3-1-4-12-35)64-42-28-26-40(27-29-42)57-50(62)37-20-24-41(25-21-37)58-52-54-31-32-55-52)66-49(61)34-46(36-13-5-2-6-14-36)65-44-16-8-7-15-43(44)59-51(63)38-18-22-39(23-19-38)56-47-17-9-10-30-53-47/h1-32,45-46H,33-34H2,(H,53,56)(H,57,62)(H,59,63)(H2,54,55,58). The molecule has 8 rings (SSSR count). The zero-order valence-electron chi connectivity index (χ0n) is 35.3. The van der Waals surface area contributed by atoms with Gasteiger partial charge in [-0.25, -0.2) is 9.97 Å². The average molecular weight is 878 g/mol. The van der Waals surface area contributed by atoms with Crippen LogP contribution in [0.15, 0.2) is 195 Å². The molecule has 0 aliphatic rings. The van der Waals surface area contributed by atoms with Crippen molar-refractivity contribution in [2.24, 2.45) is 0 Å². The Kier molecular flexibility index (Phi) is 14.1. The largest absolute Gasteiger partial charge is 0.485 e. The van der Waals surface area contributed by atoms with E-state index in [4.69, 9.17) is 14.2 Å². The third-order valence-corrected chi connectivity index (χ3v) is 10.1. The number of benzene rings is 6. The summed E-state index contributed by atoms with van der Waals surface area (Å²) in [7, 11) is 0. The van der Waals surface area contributed by atoms with Crippen molar-refractivity contribution in [1.29, 1.82) is 0 Å². The molecule has 14 nitrogen and oxygen atoms in total. The summed E-state index contributed by atoms with van der Waals surface area (Å²) in [5.74, 6) is -0.287. The van der Waals surface area contributed by atoms with Crippen LogP contribution in [0, 0.1) is 0 Å². The normalized spacial score (nSPS) is 11.6. The van der Waals surface area contributed by atoms with Crippen LogP contribution in [0.3, 0.4) is 0 Å². The van der Waals surface area contributed by atoms with Crippen molar-refractivity contribution in [1.82, 2.24) is 15.0 Å². The number of aromatic nitrogens is 3. The van der Waals surface area contributed by atoms with Gasteiger partial charge in [-0.2, -0.15) is 0 Å². The van der Waals surface area contributed by atoms with Gasteiger partial charge >= 0.3 is 11.9 Å². The highest BCUT2D eigenvalue weighted by atomic mass is 16.6. The van der Waals surface area contributed by atoms with E-state index in [-0.39, 0.29) is 24.7 Å². The van der Waals surface area contributed by atoms with Crippen LogP contribution in [0.2, 0.25) is 0 Å². The summed E-state index contributed by atoms with van der Waals surface area (Å²) in [6, 6.07) is 51.3. The summed E-state index contributed by atoms with van der Waals surface area (Å²) in [6.07, 6.45) is 2.73. The molecule has 0 fully saturated rings. The van der Waals surface area contributed by atoms with Crippen LogP contribution in [0.1, 0.15) is 56.9 Å². The molecule has 328 valence electrons. The summed E-state index contributed by atoms with van der Waals surface area (Å²) in [6.45, 7) is 0. The maximum atomic E-state index is 13.5. The van der Waals surface area contributed by atoms with Gasteiger partial charge in [-0.3, -0.25) is 19.2 Å². The molecule has 0 bridgehead atoms. The number of imidazole rings is 1. The van der Waals surface area contributed by atoms with Gasteiger partial charge < -0.3 is 40.5 Å². The number of amides is 2. The van der Waals surface area contributed by atoms with Gasteiger partial charge in [0.1, 0.15) is 29.5 Å². The number of hydrogen-bond donors (Lipinski definition) is 5. The summed E-state index contributed by atoms with van der Waals surface area (Å²) >= 11 is 0. The molecule has 0 radical (unpaired) electrons. The third kappa shape index (κ3) is 12.1. The summed E-state index contributed by atoms with van der Waals surface area (Å²) in [5, 5.41) is 12.1. The van der Waals surface area contributed by atoms with Gasteiger partial charge in [0, 0.05) is 46.8 Å². The number of esters is 2. The van der Waals surface area contributed by atoms with E-state index in [1.165, 1.54) is 0 Å². The fraction of sp³-hybridized carbons (Fsp3) is 0.0769. The van der Waals surface area contributed by atoms with Gasteiger partial charge in [0.2, 0.25) is 5.95 Å². The minimum atomic E-state index is -0.884. The first-order valence-corrected chi connectivity index (χ1v) is 20.9. The van der Waals surface area contributed by atoms with Gasteiger partial charge in [0.05, 0.1) is 18.5 Å². The second kappa shape index (κ2) is 21.4. The van der Waals surface area contributed by atoms with Crippen LogP contribution in [-0.4, -0.2) is 38.7 Å². The molecule has 2 amide bonds. The van der Waals surface area contributed by atoms with Crippen LogP contribution in [0.5, 0.6) is 11.5 Å². The van der Waals surface area contributed by atoms with E-state index < -0.39 is 24.1 Å². The Bertz CT molecular complexity index is 2850. The molecule has 2 aromatic heterocycles. The summed E-state index contributed by atoms with van der Waals surface area (Å²) in [4.78, 5) is 64.8. The number of aromatic amines is 1. The number of nitrogens with zero attached hydrogens (tertiary/aromatic N) is 2. The summed E-state index contributed by atoms with van der Waals surface area (Å²) < 4.78 is 18.1. The van der Waals surface area contributed by atoms with E-state index in [0.29, 0.717) is 56.9 Å². The van der Waals surface area contributed by atoms with Crippen LogP contribution in [0.4, 0.5) is 34.5 Å². The van der Waals surface area contributed by atoms with E-state index in [1.54, 1.807) is 128 Å². The molecule has 2 heterocycles. The molecular formula is C52H43N7O7. The molecule has 0 spiro atoms. The third-order valence-electron chi connectivity index (χ3n) is 10.1. The SMILES string of the molecule is O=C(CC(Oc1ccc(NC(=O)c2ccc(Nc3ncc[nH]3)cc2)cc1)c1ccccc1)OC(=O)CC(Oc1ccccc1NC(=O)c1ccc(Nc2ccccn2)cc1)c1ccccc1. The summed E-state index contributed by atoms with van der Waals surface area (Å²) in [5.41, 5.74) is 4.66. The lowest BCUT2D eigenvalue weighted by molar-refractivity contribution is -0.161. The minimum Gasteiger partial charge on any atom is -0.485 e. The van der Waals surface area contributed by atoms with Crippen molar-refractivity contribution >= 4 is 58.3 Å². The number of H-pyrrole nitrogens is 1. The molecule has 6 aromatic carbocycles. The van der Waals surface area contributed by atoms with Gasteiger partial charge in [-0.15, -0.1) is 0 Å². The van der Waals surface area contributed by atoms with E-state index in [9.17, 15) is 19.2 Å². The molecule has 8 aromatic rings. The number of carbonyl (C=O) groups is 4. The lowest BCUT2D eigenvalue weighted by Crippen LogP contribution is -2.21. The Morgan fingerprint density at radius 1 is 0.500 bits per heavy atom. The highest BCUT2D eigenvalue weighted by molar-refractivity contribution is 6.05. The molecule has 0 aliphatic carbocycles. The topological polar surface area (TPSA) is 186 Å². The average Bonchev–Trinajstić information content (AvgIpc) is 3.86.